The molecule has 0 bridgehead atoms. The molecule has 1 aromatic rings. The van der Waals surface area contributed by atoms with Crippen LogP contribution in [0.15, 0.2) is 4.52 Å². The smallest absolute Gasteiger partial charge is 0.223 e. The van der Waals surface area contributed by atoms with E-state index in [1.807, 2.05) is 11.9 Å². The Morgan fingerprint density at radius 1 is 1.52 bits per heavy atom. The Labute approximate surface area is 124 Å². The second-order valence-electron chi connectivity index (χ2n) is 5.98. The van der Waals surface area contributed by atoms with Crippen molar-refractivity contribution in [2.45, 2.75) is 51.6 Å². The molecule has 2 heterocycles. The van der Waals surface area contributed by atoms with Crippen LogP contribution in [0.2, 0.25) is 0 Å². The molecule has 3 atom stereocenters. The first-order valence-corrected chi connectivity index (χ1v) is 7.44. The molecular formula is C14H24F2N4O. The Bertz CT molecular complexity index is 440. The summed E-state index contributed by atoms with van der Waals surface area (Å²) in [5.41, 5.74) is 0. The van der Waals surface area contributed by atoms with Crippen LogP contribution in [-0.2, 0) is 6.54 Å². The summed E-state index contributed by atoms with van der Waals surface area (Å²) < 4.78 is 31.5. The summed E-state index contributed by atoms with van der Waals surface area (Å²) in [5, 5.41) is 3.86. The molecule has 0 saturated carbocycles. The Morgan fingerprint density at radius 3 is 2.90 bits per heavy atom. The van der Waals surface area contributed by atoms with Crippen molar-refractivity contribution in [3.63, 3.8) is 0 Å². The molecule has 120 valence electrons. The van der Waals surface area contributed by atoms with Crippen molar-refractivity contribution in [3.05, 3.63) is 11.7 Å². The predicted octanol–water partition coefficient (Wildman–Crippen LogP) is 1.97. The molecule has 1 aliphatic rings. The van der Waals surface area contributed by atoms with Gasteiger partial charge in [0, 0.05) is 32.6 Å². The van der Waals surface area contributed by atoms with Crippen LogP contribution in [0.5, 0.6) is 0 Å². The van der Waals surface area contributed by atoms with Gasteiger partial charge in [0.1, 0.15) is 6.17 Å². The van der Waals surface area contributed by atoms with Gasteiger partial charge in [-0.25, -0.2) is 8.78 Å². The van der Waals surface area contributed by atoms with Gasteiger partial charge >= 0.3 is 0 Å². The van der Waals surface area contributed by atoms with Gasteiger partial charge in [-0.3, -0.25) is 4.90 Å². The van der Waals surface area contributed by atoms with Crippen LogP contribution >= 0.6 is 0 Å². The predicted molar refractivity (Wildman–Crippen MR) is 75.4 cm³/mol. The molecule has 7 heteroatoms. The average Bonchev–Trinajstić information content (AvgIpc) is 2.94. The topological polar surface area (TPSA) is 45.4 Å². The zero-order valence-electron chi connectivity index (χ0n) is 12.9. The lowest BCUT2D eigenvalue weighted by molar-refractivity contribution is 0.171. The molecule has 0 amide bonds. The molecule has 21 heavy (non-hydrogen) atoms. The summed E-state index contributed by atoms with van der Waals surface area (Å²) >= 11 is 0. The summed E-state index contributed by atoms with van der Waals surface area (Å²) in [5.74, 6) is 1.11. The third-order valence-corrected chi connectivity index (χ3v) is 3.82. The van der Waals surface area contributed by atoms with Gasteiger partial charge in [-0.1, -0.05) is 5.16 Å². The molecule has 0 spiro atoms. The molecule has 0 aromatic carbocycles. The molecule has 1 aromatic heterocycles. The minimum atomic E-state index is -0.823. The molecule has 0 N–H and O–H groups in total. The van der Waals surface area contributed by atoms with Crippen molar-refractivity contribution in [2.75, 3.05) is 26.7 Å². The summed E-state index contributed by atoms with van der Waals surface area (Å²) in [7, 11) is 1.95. The van der Waals surface area contributed by atoms with Gasteiger partial charge in [0.25, 0.3) is 0 Å². The van der Waals surface area contributed by atoms with E-state index >= 15 is 0 Å². The van der Waals surface area contributed by atoms with E-state index < -0.39 is 12.3 Å². The number of aryl methyl sites for hydroxylation is 1. The summed E-state index contributed by atoms with van der Waals surface area (Å²) in [6.45, 7) is 5.60. The van der Waals surface area contributed by atoms with Gasteiger partial charge < -0.3 is 9.42 Å². The van der Waals surface area contributed by atoms with Crippen LogP contribution < -0.4 is 0 Å². The number of likely N-dealkylation sites (N-methyl/N-ethyl adjacent to an activating group) is 1. The molecule has 0 radical (unpaired) electrons. The van der Waals surface area contributed by atoms with Crippen molar-refractivity contribution in [1.82, 2.24) is 19.9 Å². The molecule has 1 saturated heterocycles. The maximum absolute atomic E-state index is 13.7. The lowest BCUT2D eigenvalue weighted by Gasteiger charge is -2.27. The Balaban J connectivity index is 1.87. The van der Waals surface area contributed by atoms with Crippen LogP contribution in [0.3, 0.4) is 0 Å². The van der Waals surface area contributed by atoms with E-state index in [4.69, 9.17) is 4.52 Å². The maximum Gasteiger partial charge on any atom is 0.223 e. The van der Waals surface area contributed by atoms with Gasteiger partial charge in [0.2, 0.25) is 5.89 Å². The van der Waals surface area contributed by atoms with E-state index in [-0.39, 0.29) is 6.04 Å². The number of halogens is 2. The number of aromatic nitrogens is 2. The minimum absolute atomic E-state index is 0.110. The van der Waals surface area contributed by atoms with Crippen LogP contribution in [0.1, 0.15) is 31.5 Å². The van der Waals surface area contributed by atoms with Crippen molar-refractivity contribution in [3.8, 4) is 0 Å². The first-order chi connectivity index (χ1) is 9.94. The van der Waals surface area contributed by atoms with Crippen LogP contribution in [0.4, 0.5) is 8.78 Å². The van der Waals surface area contributed by atoms with Crippen LogP contribution in [0, 0.1) is 6.92 Å². The normalized spacial score (nSPS) is 24.9. The SMILES string of the molecule is Cc1nc(CN2C[C@@H](F)C[C@H]2CN(C)CCC(C)F)no1. The fourth-order valence-corrected chi connectivity index (χ4v) is 2.74. The average molecular weight is 302 g/mol. The van der Waals surface area contributed by atoms with E-state index in [9.17, 15) is 8.78 Å². The molecule has 2 rings (SSSR count). The number of nitrogens with zero attached hydrogens (tertiary/aromatic N) is 4. The first-order valence-electron chi connectivity index (χ1n) is 7.44. The second-order valence-corrected chi connectivity index (χ2v) is 5.98. The summed E-state index contributed by atoms with van der Waals surface area (Å²) in [6, 6.07) is 0.110. The highest BCUT2D eigenvalue weighted by Gasteiger charge is 2.33. The quantitative estimate of drug-likeness (QED) is 0.770. The largest absolute Gasteiger partial charge is 0.340 e. The third-order valence-electron chi connectivity index (χ3n) is 3.82. The Kier molecular flexibility index (Phi) is 5.64. The Morgan fingerprint density at radius 2 is 2.29 bits per heavy atom. The zero-order chi connectivity index (χ0) is 15.4. The molecular weight excluding hydrogens is 278 g/mol. The highest BCUT2D eigenvalue weighted by Crippen LogP contribution is 2.22. The van der Waals surface area contributed by atoms with E-state index in [0.29, 0.717) is 44.2 Å². The second kappa shape index (κ2) is 7.26. The van der Waals surface area contributed by atoms with Crippen LogP contribution in [-0.4, -0.2) is 65.0 Å². The molecule has 1 aliphatic heterocycles. The fourth-order valence-electron chi connectivity index (χ4n) is 2.74. The highest BCUT2D eigenvalue weighted by molar-refractivity contribution is 4.92. The van der Waals surface area contributed by atoms with Crippen molar-refractivity contribution >= 4 is 0 Å². The van der Waals surface area contributed by atoms with Gasteiger partial charge in [0.05, 0.1) is 12.7 Å². The molecule has 5 nitrogen and oxygen atoms in total. The van der Waals surface area contributed by atoms with E-state index in [2.05, 4.69) is 15.0 Å². The van der Waals surface area contributed by atoms with E-state index in [1.165, 1.54) is 0 Å². The molecule has 1 unspecified atom stereocenters. The van der Waals surface area contributed by atoms with Gasteiger partial charge in [-0.2, -0.15) is 4.98 Å². The van der Waals surface area contributed by atoms with Gasteiger partial charge in [0.15, 0.2) is 5.82 Å². The standard InChI is InChI=1S/C14H24F2N4O/c1-10(15)4-5-19(3)8-13-6-12(16)7-20(13)9-14-17-11(2)21-18-14/h10,12-13H,4-9H2,1-3H3/t10?,12-,13-/m0/s1. The number of likely N-dealkylation sites (tertiary alicyclic amines) is 1. The minimum Gasteiger partial charge on any atom is -0.340 e. The number of hydrogen-bond donors (Lipinski definition) is 0. The first kappa shape index (κ1) is 16.3. The van der Waals surface area contributed by atoms with Crippen molar-refractivity contribution < 1.29 is 13.3 Å². The van der Waals surface area contributed by atoms with Crippen molar-refractivity contribution in [1.29, 1.82) is 0 Å². The lowest BCUT2D eigenvalue weighted by atomic mass is 10.2. The maximum atomic E-state index is 13.7. The zero-order valence-corrected chi connectivity index (χ0v) is 12.9. The fraction of sp³-hybridized carbons (Fsp3) is 0.857. The van der Waals surface area contributed by atoms with E-state index in [0.717, 1.165) is 6.54 Å². The van der Waals surface area contributed by atoms with Crippen molar-refractivity contribution in [2.24, 2.45) is 0 Å². The molecule has 1 fully saturated rings. The third kappa shape index (κ3) is 5.00. The Hall–Kier alpha value is -1.08. The highest BCUT2D eigenvalue weighted by atomic mass is 19.1. The number of hydrogen-bond acceptors (Lipinski definition) is 5. The van der Waals surface area contributed by atoms with E-state index in [1.54, 1.807) is 13.8 Å². The van der Waals surface area contributed by atoms with Crippen LogP contribution in [0.25, 0.3) is 0 Å². The van der Waals surface area contributed by atoms with Gasteiger partial charge in [-0.15, -0.1) is 0 Å². The summed E-state index contributed by atoms with van der Waals surface area (Å²) in [4.78, 5) is 8.28. The number of rotatable bonds is 7. The van der Waals surface area contributed by atoms with Gasteiger partial charge in [-0.05, 0) is 26.8 Å². The molecule has 0 aliphatic carbocycles. The number of alkyl halides is 2. The monoisotopic (exact) mass is 302 g/mol. The summed E-state index contributed by atoms with van der Waals surface area (Å²) in [6.07, 6.45) is -0.613. The lowest BCUT2D eigenvalue weighted by Crippen LogP contribution is -2.39.